The van der Waals surface area contributed by atoms with Crippen molar-refractivity contribution in [2.75, 3.05) is 7.05 Å². The number of Topliss-reactive ketones (excluding diaryl/α,β-unsaturated/α-hetero) is 1. The van der Waals surface area contributed by atoms with Gasteiger partial charge in [0.1, 0.15) is 5.78 Å². The molecule has 2 nitrogen and oxygen atoms in total. The lowest BCUT2D eigenvalue weighted by molar-refractivity contribution is -0.123. The summed E-state index contributed by atoms with van der Waals surface area (Å²) in [6, 6.07) is 0.506. The van der Waals surface area contributed by atoms with Crippen molar-refractivity contribution >= 4 is 5.78 Å². The van der Waals surface area contributed by atoms with Gasteiger partial charge in [-0.3, -0.25) is 9.69 Å². The summed E-state index contributed by atoms with van der Waals surface area (Å²) in [7, 11) is 2.01. The lowest BCUT2D eigenvalue weighted by Crippen LogP contribution is -2.44. The molecule has 12 heavy (non-hydrogen) atoms. The SMILES string of the molecule is CC(=O)C(C(C)C)N(C)C(C)C. The van der Waals surface area contributed by atoms with Gasteiger partial charge in [0.25, 0.3) is 0 Å². The number of nitrogens with zero attached hydrogens (tertiary/aromatic N) is 1. The highest BCUT2D eigenvalue weighted by Gasteiger charge is 2.24. The van der Waals surface area contributed by atoms with Crippen LogP contribution in [-0.4, -0.2) is 29.8 Å². The molecule has 0 amide bonds. The van der Waals surface area contributed by atoms with Crippen LogP contribution >= 0.6 is 0 Å². The Morgan fingerprint density at radius 1 is 1.17 bits per heavy atom. The Balaban J connectivity index is 4.40. The summed E-state index contributed by atoms with van der Waals surface area (Å²) in [5.41, 5.74) is 0. The fourth-order valence-corrected chi connectivity index (χ4v) is 1.55. The molecular weight excluding hydrogens is 150 g/mol. The van der Waals surface area contributed by atoms with E-state index in [2.05, 4.69) is 32.6 Å². The van der Waals surface area contributed by atoms with E-state index in [1.807, 2.05) is 7.05 Å². The zero-order valence-corrected chi connectivity index (χ0v) is 9.09. The Hall–Kier alpha value is -0.370. The number of rotatable bonds is 4. The number of carbonyl (C=O) groups excluding carboxylic acids is 1. The molecule has 0 saturated heterocycles. The molecule has 0 aliphatic heterocycles. The summed E-state index contributed by atoms with van der Waals surface area (Å²) >= 11 is 0. The Kier molecular flexibility index (Phi) is 4.46. The van der Waals surface area contributed by atoms with Crippen LogP contribution in [0.2, 0.25) is 0 Å². The molecule has 0 aliphatic carbocycles. The van der Waals surface area contributed by atoms with Crippen molar-refractivity contribution in [1.29, 1.82) is 0 Å². The van der Waals surface area contributed by atoms with Crippen molar-refractivity contribution in [1.82, 2.24) is 4.90 Å². The zero-order valence-electron chi connectivity index (χ0n) is 9.09. The van der Waals surface area contributed by atoms with Gasteiger partial charge in [-0.25, -0.2) is 0 Å². The number of carbonyl (C=O) groups is 1. The molecule has 1 unspecified atom stereocenters. The van der Waals surface area contributed by atoms with Crippen molar-refractivity contribution in [3.8, 4) is 0 Å². The third-order valence-electron chi connectivity index (χ3n) is 2.30. The standard InChI is InChI=1S/C10H21NO/c1-7(2)10(9(5)12)11(6)8(3)4/h7-8,10H,1-6H3. The lowest BCUT2D eigenvalue weighted by Gasteiger charge is -2.32. The highest BCUT2D eigenvalue weighted by molar-refractivity contribution is 5.81. The highest BCUT2D eigenvalue weighted by Crippen LogP contribution is 2.12. The largest absolute Gasteiger partial charge is 0.298 e. The average Bonchev–Trinajstić information content (AvgIpc) is 1.85. The summed E-state index contributed by atoms with van der Waals surface area (Å²) in [5.74, 6) is 0.663. The lowest BCUT2D eigenvalue weighted by atomic mass is 9.98. The van der Waals surface area contributed by atoms with E-state index in [0.29, 0.717) is 12.0 Å². The van der Waals surface area contributed by atoms with Crippen LogP contribution in [0.5, 0.6) is 0 Å². The molecule has 0 aromatic rings. The van der Waals surface area contributed by atoms with Crippen LogP contribution in [0.3, 0.4) is 0 Å². The van der Waals surface area contributed by atoms with Crippen molar-refractivity contribution in [3.63, 3.8) is 0 Å². The minimum atomic E-state index is 0.0741. The molecule has 0 N–H and O–H groups in total. The molecule has 0 spiro atoms. The van der Waals surface area contributed by atoms with E-state index in [4.69, 9.17) is 0 Å². The first-order valence-electron chi connectivity index (χ1n) is 4.60. The molecule has 0 heterocycles. The zero-order chi connectivity index (χ0) is 9.89. The van der Waals surface area contributed by atoms with Crippen LogP contribution in [0.1, 0.15) is 34.6 Å². The Morgan fingerprint density at radius 2 is 1.58 bits per heavy atom. The second kappa shape index (κ2) is 4.61. The van der Waals surface area contributed by atoms with E-state index in [0.717, 1.165) is 0 Å². The Labute approximate surface area is 75.9 Å². The van der Waals surface area contributed by atoms with Gasteiger partial charge >= 0.3 is 0 Å². The van der Waals surface area contributed by atoms with Gasteiger partial charge in [-0.2, -0.15) is 0 Å². The van der Waals surface area contributed by atoms with Crippen molar-refractivity contribution < 1.29 is 4.79 Å². The molecule has 0 rings (SSSR count). The second-order valence-corrected chi connectivity index (χ2v) is 4.06. The molecule has 0 fully saturated rings. The van der Waals surface area contributed by atoms with Gasteiger partial charge in [-0.1, -0.05) is 13.8 Å². The minimum Gasteiger partial charge on any atom is -0.298 e. The first kappa shape index (κ1) is 11.6. The molecule has 72 valence electrons. The Bertz CT molecular complexity index is 152. The molecule has 0 radical (unpaired) electrons. The van der Waals surface area contributed by atoms with E-state index in [9.17, 15) is 4.79 Å². The molecule has 0 aromatic carbocycles. The van der Waals surface area contributed by atoms with Crippen LogP contribution in [0, 0.1) is 5.92 Å². The van der Waals surface area contributed by atoms with Crippen molar-refractivity contribution in [2.45, 2.75) is 46.7 Å². The Morgan fingerprint density at radius 3 is 1.67 bits per heavy atom. The maximum Gasteiger partial charge on any atom is 0.147 e. The highest BCUT2D eigenvalue weighted by atomic mass is 16.1. The number of likely N-dealkylation sites (N-methyl/N-ethyl adjacent to an activating group) is 1. The van der Waals surface area contributed by atoms with E-state index in [-0.39, 0.29) is 11.8 Å². The molecule has 1 atom stereocenters. The van der Waals surface area contributed by atoms with Crippen molar-refractivity contribution in [2.24, 2.45) is 5.92 Å². The van der Waals surface area contributed by atoms with E-state index in [1.165, 1.54) is 0 Å². The van der Waals surface area contributed by atoms with Gasteiger partial charge in [-0.05, 0) is 33.7 Å². The fourth-order valence-electron chi connectivity index (χ4n) is 1.55. The number of hydrogen-bond acceptors (Lipinski definition) is 2. The van der Waals surface area contributed by atoms with E-state index >= 15 is 0 Å². The summed E-state index contributed by atoms with van der Waals surface area (Å²) in [5, 5.41) is 0. The van der Waals surface area contributed by atoms with Gasteiger partial charge < -0.3 is 0 Å². The smallest absolute Gasteiger partial charge is 0.147 e. The quantitative estimate of drug-likeness (QED) is 0.644. The van der Waals surface area contributed by atoms with Crippen LogP contribution in [0.4, 0.5) is 0 Å². The molecule has 0 aliphatic rings. The predicted octanol–water partition coefficient (Wildman–Crippen LogP) is 1.94. The van der Waals surface area contributed by atoms with Gasteiger partial charge in [-0.15, -0.1) is 0 Å². The summed E-state index contributed by atoms with van der Waals surface area (Å²) in [6.07, 6.45) is 0. The molecule has 0 saturated carbocycles. The molecule has 2 heteroatoms. The second-order valence-electron chi connectivity index (χ2n) is 4.06. The van der Waals surface area contributed by atoms with Crippen LogP contribution in [-0.2, 0) is 4.79 Å². The van der Waals surface area contributed by atoms with Crippen LogP contribution in [0.25, 0.3) is 0 Å². The van der Waals surface area contributed by atoms with Gasteiger partial charge in [0.2, 0.25) is 0 Å². The topological polar surface area (TPSA) is 20.3 Å². The number of hydrogen-bond donors (Lipinski definition) is 0. The summed E-state index contributed by atoms with van der Waals surface area (Å²) in [6.45, 7) is 10.1. The monoisotopic (exact) mass is 171 g/mol. The van der Waals surface area contributed by atoms with Gasteiger partial charge in [0, 0.05) is 6.04 Å². The summed E-state index contributed by atoms with van der Waals surface area (Å²) in [4.78, 5) is 13.4. The third kappa shape index (κ3) is 2.94. The van der Waals surface area contributed by atoms with Gasteiger partial charge in [0.05, 0.1) is 6.04 Å². The maximum absolute atomic E-state index is 11.3. The van der Waals surface area contributed by atoms with E-state index < -0.39 is 0 Å². The first-order valence-corrected chi connectivity index (χ1v) is 4.60. The predicted molar refractivity (Wildman–Crippen MR) is 52.2 cm³/mol. The normalized spacial score (nSPS) is 14.4. The number of ketones is 1. The van der Waals surface area contributed by atoms with Crippen LogP contribution < -0.4 is 0 Å². The maximum atomic E-state index is 11.3. The fraction of sp³-hybridized carbons (Fsp3) is 0.900. The molecule has 0 bridgehead atoms. The first-order chi connectivity index (χ1) is 5.37. The van der Waals surface area contributed by atoms with Gasteiger partial charge in [0.15, 0.2) is 0 Å². The molecule has 0 aromatic heterocycles. The van der Waals surface area contributed by atoms with Crippen molar-refractivity contribution in [3.05, 3.63) is 0 Å². The van der Waals surface area contributed by atoms with Crippen LogP contribution in [0.15, 0.2) is 0 Å². The summed E-state index contributed by atoms with van der Waals surface area (Å²) < 4.78 is 0. The molecular formula is C10H21NO. The minimum absolute atomic E-state index is 0.0741. The average molecular weight is 171 g/mol. The third-order valence-corrected chi connectivity index (χ3v) is 2.30. The van der Waals surface area contributed by atoms with E-state index in [1.54, 1.807) is 6.92 Å².